The number of hydrogen-bond acceptors (Lipinski definition) is 4. The van der Waals surface area contributed by atoms with E-state index in [-0.39, 0.29) is 6.10 Å². The van der Waals surface area contributed by atoms with E-state index >= 15 is 0 Å². The molecule has 1 fully saturated rings. The van der Waals surface area contributed by atoms with Crippen LogP contribution in [-0.4, -0.2) is 31.3 Å². The van der Waals surface area contributed by atoms with Gasteiger partial charge < -0.3 is 14.8 Å². The SMILES string of the molecule is COc1cccnc1O[C@@H]1CCCNC1. The van der Waals surface area contributed by atoms with E-state index in [0.717, 1.165) is 25.9 Å². The highest BCUT2D eigenvalue weighted by Crippen LogP contribution is 2.24. The summed E-state index contributed by atoms with van der Waals surface area (Å²) >= 11 is 0. The van der Waals surface area contributed by atoms with Crippen molar-refractivity contribution in [2.24, 2.45) is 0 Å². The van der Waals surface area contributed by atoms with Crippen LogP contribution in [0, 0.1) is 0 Å². The Labute approximate surface area is 89.6 Å². The number of aromatic nitrogens is 1. The van der Waals surface area contributed by atoms with E-state index in [9.17, 15) is 0 Å². The standard InChI is InChI=1S/C11H16N2O2/c1-14-10-5-3-7-13-11(10)15-9-4-2-6-12-8-9/h3,5,7,9,12H,2,4,6,8H2,1H3/t9-/m1/s1. The Morgan fingerprint density at radius 1 is 1.53 bits per heavy atom. The lowest BCUT2D eigenvalue weighted by Crippen LogP contribution is -2.37. The number of rotatable bonds is 3. The predicted octanol–water partition coefficient (Wildman–Crippen LogP) is 1.22. The number of pyridine rings is 1. The number of nitrogens with zero attached hydrogens (tertiary/aromatic N) is 1. The van der Waals surface area contributed by atoms with E-state index in [2.05, 4.69) is 10.3 Å². The molecule has 0 aliphatic carbocycles. The van der Waals surface area contributed by atoms with Crippen molar-refractivity contribution < 1.29 is 9.47 Å². The summed E-state index contributed by atoms with van der Waals surface area (Å²) < 4.78 is 11.0. The first-order valence-electron chi connectivity index (χ1n) is 5.26. The summed E-state index contributed by atoms with van der Waals surface area (Å²) in [7, 11) is 1.63. The minimum absolute atomic E-state index is 0.211. The van der Waals surface area contributed by atoms with Crippen molar-refractivity contribution in [1.29, 1.82) is 0 Å². The molecule has 2 rings (SSSR count). The number of nitrogens with one attached hydrogen (secondary N) is 1. The lowest BCUT2D eigenvalue weighted by Gasteiger charge is -2.23. The van der Waals surface area contributed by atoms with E-state index in [1.165, 1.54) is 0 Å². The van der Waals surface area contributed by atoms with Crippen molar-refractivity contribution in [2.75, 3.05) is 20.2 Å². The maximum absolute atomic E-state index is 5.78. The molecule has 1 aliphatic heterocycles. The van der Waals surface area contributed by atoms with Gasteiger partial charge in [-0.05, 0) is 31.5 Å². The van der Waals surface area contributed by atoms with Gasteiger partial charge in [-0.25, -0.2) is 4.98 Å². The Bertz CT molecular complexity index is 311. The molecular formula is C11H16N2O2. The fraction of sp³-hybridized carbons (Fsp3) is 0.545. The van der Waals surface area contributed by atoms with Gasteiger partial charge >= 0.3 is 0 Å². The normalized spacial score (nSPS) is 21.0. The molecule has 0 spiro atoms. The fourth-order valence-electron chi connectivity index (χ4n) is 1.70. The molecule has 0 saturated carbocycles. The molecule has 0 bridgehead atoms. The first-order chi connectivity index (χ1) is 7.40. The Morgan fingerprint density at radius 3 is 3.20 bits per heavy atom. The van der Waals surface area contributed by atoms with Crippen molar-refractivity contribution in [3.05, 3.63) is 18.3 Å². The van der Waals surface area contributed by atoms with E-state index in [4.69, 9.17) is 9.47 Å². The van der Waals surface area contributed by atoms with Crippen LogP contribution in [-0.2, 0) is 0 Å². The third-order valence-corrected chi connectivity index (χ3v) is 2.49. The largest absolute Gasteiger partial charge is 0.491 e. The number of piperidine rings is 1. The summed E-state index contributed by atoms with van der Waals surface area (Å²) in [6.45, 7) is 1.97. The van der Waals surface area contributed by atoms with Gasteiger partial charge in [0.15, 0.2) is 5.75 Å². The van der Waals surface area contributed by atoms with Crippen LogP contribution in [0.3, 0.4) is 0 Å². The van der Waals surface area contributed by atoms with E-state index < -0.39 is 0 Å². The van der Waals surface area contributed by atoms with Gasteiger partial charge in [-0.1, -0.05) is 0 Å². The topological polar surface area (TPSA) is 43.4 Å². The lowest BCUT2D eigenvalue weighted by atomic mass is 10.1. The molecule has 82 valence electrons. The summed E-state index contributed by atoms with van der Waals surface area (Å²) in [4.78, 5) is 4.17. The molecular weight excluding hydrogens is 192 g/mol. The third kappa shape index (κ3) is 2.59. The van der Waals surface area contributed by atoms with Crippen LogP contribution in [0.5, 0.6) is 11.6 Å². The molecule has 0 radical (unpaired) electrons. The summed E-state index contributed by atoms with van der Waals surface area (Å²) in [6, 6.07) is 3.70. The van der Waals surface area contributed by atoms with Crippen molar-refractivity contribution in [3.63, 3.8) is 0 Å². The average molecular weight is 208 g/mol. The van der Waals surface area contributed by atoms with Gasteiger partial charge in [-0.2, -0.15) is 0 Å². The van der Waals surface area contributed by atoms with E-state index in [1.54, 1.807) is 13.3 Å². The van der Waals surface area contributed by atoms with Crippen molar-refractivity contribution in [3.8, 4) is 11.6 Å². The lowest BCUT2D eigenvalue weighted by molar-refractivity contribution is 0.154. The van der Waals surface area contributed by atoms with Gasteiger partial charge in [0.2, 0.25) is 0 Å². The zero-order valence-electron chi connectivity index (χ0n) is 8.90. The zero-order valence-corrected chi connectivity index (χ0v) is 8.90. The molecule has 0 aromatic carbocycles. The molecule has 1 aliphatic rings. The maximum atomic E-state index is 5.78. The minimum Gasteiger partial charge on any atom is -0.491 e. The van der Waals surface area contributed by atoms with Crippen molar-refractivity contribution in [1.82, 2.24) is 10.3 Å². The Morgan fingerprint density at radius 2 is 2.47 bits per heavy atom. The minimum atomic E-state index is 0.211. The summed E-state index contributed by atoms with van der Waals surface area (Å²) in [5.74, 6) is 1.29. The molecule has 0 amide bonds. The summed E-state index contributed by atoms with van der Waals surface area (Å²) in [5, 5.41) is 3.30. The van der Waals surface area contributed by atoms with Crippen molar-refractivity contribution in [2.45, 2.75) is 18.9 Å². The predicted molar refractivity (Wildman–Crippen MR) is 57.3 cm³/mol. The summed E-state index contributed by atoms with van der Waals surface area (Å²) in [5.41, 5.74) is 0. The average Bonchev–Trinajstić information content (AvgIpc) is 2.31. The molecule has 0 unspecified atom stereocenters. The van der Waals surface area contributed by atoms with Crippen molar-refractivity contribution >= 4 is 0 Å². The first-order valence-corrected chi connectivity index (χ1v) is 5.26. The second-order valence-electron chi connectivity index (χ2n) is 3.60. The Balaban J connectivity index is 2.02. The van der Waals surface area contributed by atoms with Gasteiger partial charge in [0.05, 0.1) is 7.11 Å². The van der Waals surface area contributed by atoms with E-state index in [1.807, 2.05) is 12.1 Å². The molecule has 2 heterocycles. The van der Waals surface area contributed by atoms with Crippen LogP contribution in [0.2, 0.25) is 0 Å². The maximum Gasteiger partial charge on any atom is 0.257 e. The zero-order chi connectivity index (χ0) is 10.5. The number of hydrogen-bond donors (Lipinski definition) is 1. The highest BCUT2D eigenvalue weighted by Gasteiger charge is 2.16. The van der Waals surface area contributed by atoms with Crippen LogP contribution in [0.4, 0.5) is 0 Å². The molecule has 4 nitrogen and oxygen atoms in total. The van der Waals surface area contributed by atoms with Gasteiger partial charge in [-0.3, -0.25) is 0 Å². The molecule has 1 atom stereocenters. The summed E-state index contributed by atoms with van der Waals surface area (Å²) in [6.07, 6.45) is 4.16. The van der Waals surface area contributed by atoms with Gasteiger partial charge in [0.1, 0.15) is 6.10 Å². The molecule has 15 heavy (non-hydrogen) atoms. The van der Waals surface area contributed by atoms with Crippen LogP contribution in [0.25, 0.3) is 0 Å². The molecule has 1 N–H and O–H groups in total. The monoisotopic (exact) mass is 208 g/mol. The molecule has 1 saturated heterocycles. The highest BCUT2D eigenvalue weighted by molar-refractivity contribution is 5.32. The van der Waals surface area contributed by atoms with Crippen LogP contribution in [0.15, 0.2) is 18.3 Å². The molecule has 1 aromatic rings. The highest BCUT2D eigenvalue weighted by atomic mass is 16.5. The first kappa shape index (κ1) is 10.2. The number of ether oxygens (including phenoxy) is 2. The van der Waals surface area contributed by atoms with Gasteiger partial charge in [0, 0.05) is 12.7 Å². The smallest absolute Gasteiger partial charge is 0.257 e. The van der Waals surface area contributed by atoms with Gasteiger partial charge in [0.25, 0.3) is 5.88 Å². The van der Waals surface area contributed by atoms with Crippen LogP contribution < -0.4 is 14.8 Å². The Hall–Kier alpha value is -1.29. The van der Waals surface area contributed by atoms with E-state index in [0.29, 0.717) is 11.6 Å². The van der Waals surface area contributed by atoms with Crippen LogP contribution >= 0.6 is 0 Å². The van der Waals surface area contributed by atoms with Crippen LogP contribution in [0.1, 0.15) is 12.8 Å². The molecule has 4 heteroatoms. The van der Waals surface area contributed by atoms with Gasteiger partial charge in [-0.15, -0.1) is 0 Å². The fourth-order valence-corrected chi connectivity index (χ4v) is 1.70. The Kier molecular flexibility index (Phi) is 3.40. The second-order valence-corrected chi connectivity index (χ2v) is 3.60. The quantitative estimate of drug-likeness (QED) is 0.811. The number of methoxy groups -OCH3 is 1. The second kappa shape index (κ2) is 4.98. The molecule has 1 aromatic heterocycles. The third-order valence-electron chi connectivity index (χ3n) is 2.49.